The minimum absolute atomic E-state index is 0.102. The maximum atomic E-state index is 11.8. The number of amides is 3. The maximum absolute atomic E-state index is 11.8. The Bertz CT molecular complexity index is 569. The van der Waals surface area contributed by atoms with Gasteiger partial charge in [0.15, 0.2) is 6.61 Å². The smallest absolute Gasteiger partial charge is 0.338 e. The Labute approximate surface area is 129 Å². The van der Waals surface area contributed by atoms with Crippen LogP contribution in [0.25, 0.3) is 0 Å². The molecule has 7 heteroatoms. The molecule has 1 rings (SSSR count). The molecular formula is C15H20N2O5. The van der Waals surface area contributed by atoms with Crippen LogP contribution in [-0.2, 0) is 9.53 Å². The minimum Gasteiger partial charge on any atom is -0.496 e. The summed E-state index contributed by atoms with van der Waals surface area (Å²) in [6, 6.07) is 4.08. The van der Waals surface area contributed by atoms with Gasteiger partial charge in [-0.15, -0.1) is 0 Å². The Morgan fingerprint density at radius 1 is 1.23 bits per heavy atom. The summed E-state index contributed by atoms with van der Waals surface area (Å²) < 4.78 is 9.96. The fourth-order valence-electron chi connectivity index (χ4n) is 1.62. The summed E-state index contributed by atoms with van der Waals surface area (Å²) in [6.45, 7) is 4.82. The molecule has 3 amide bonds. The van der Waals surface area contributed by atoms with E-state index in [1.165, 1.54) is 13.2 Å². The lowest BCUT2D eigenvalue weighted by Gasteiger charge is -2.10. The van der Waals surface area contributed by atoms with Crippen molar-refractivity contribution in [2.75, 3.05) is 13.7 Å². The van der Waals surface area contributed by atoms with Gasteiger partial charge in [-0.3, -0.25) is 10.1 Å². The first-order valence-electron chi connectivity index (χ1n) is 6.75. The predicted molar refractivity (Wildman–Crippen MR) is 79.8 cm³/mol. The van der Waals surface area contributed by atoms with Crippen molar-refractivity contribution in [1.29, 1.82) is 0 Å². The van der Waals surface area contributed by atoms with E-state index >= 15 is 0 Å². The van der Waals surface area contributed by atoms with Gasteiger partial charge in [0.05, 0.1) is 12.7 Å². The number of nitrogens with one attached hydrogen (secondary N) is 2. The number of hydrogen-bond donors (Lipinski definition) is 2. The van der Waals surface area contributed by atoms with Crippen LogP contribution in [0.3, 0.4) is 0 Å². The minimum atomic E-state index is -0.703. The molecule has 0 radical (unpaired) electrons. The Morgan fingerprint density at radius 3 is 2.50 bits per heavy atom. The SMILES string of the molecule is COc1cc(C(=O)OCC(=O)NC(=O)NC(C)C)ccc1C. The zero-order chi connectivity index (χ0) is 16.7. The second kappa shape index (κ2) is 8.02. The molecule has 0 atom stereocenters. The number of hydrogen-bond acceptors (Lipinski definition) is 5. The van der Waals surface area contributed by atoms with Gasteiger partial charge in [-0.1, -0.05) is 6.07 Å². The van der Waals surface area contributed by atoms with Crippen molar-refractivity contribution < 1.29 is 23.9 Å². The van der Waals surface area contributed by atoms with Crippen molar-refractivity contribution in [2.24, 2.45) is 0 Å². The first kappa shape index (κ1) is 17.5. The summed E-state index contributed by atoms with van der Waals surface area (Å²) in [5, 5.41) is 4.55. The van der Waals surface area contributed by atoms with E-state index in [0.29, 0.717) is 5.75 Å². The van der Waals surface area contributed by atoms with Crippen LogP contribution in [0.5, 0.6) is 5.75 Å². The van der Waals surface area contributed by atoms with Crippen LogP contribution in [0.4, 0.5) is 4.79 Å². The van der Waals surface area contributed by atoms with Gasteiger partial charge in [-0.25, -0.2) is 9.59 Å². The monoisotopic (exact) mass is 308 g/mol. The van der Waals surface area contributed by atoms with E-state index < -0.39 is 24.5 Å². The number of rotatable bonds is 5. The highest BCUT2D eigenvalue weighted by Gasteiger charge is 2.14. The Morgan fingerprint density at radius 2 is 1.91 bits per heavy atom. The third-order valence-corrected chi connectivity index (χ3v) is 2.65. The van der Waals surface area contributed by atoms with Crippen molar-refractivity contribution in [3.05, 3.63) is 29.3 Å². The highest BCUT2D eigenvalue weighted by molar-refractivity contribution is 5.97. The Hall–Kier alpha value is -2.57. The quantitative estimate of drug-likeness (QED) is 0.802. The third kappa shape index (κ3) is 5.43. The molecule has 0 bridgehead atoms. The number of carbonyl (C=O) groups excluding carboxylic acids is 3. The molecule has 0 heterocycles. The van der Waals surface area contributed by atoms with Gasteiger partial charge in [0.2, 0.25) is 0 Å². The van der Waals surface area contributed by atoms with Crippen LogP contribution in [0.15, 0.2) is 18.2 Å². The number of benzene rings is 1. The average molecular weight is 308 g/mol. The molecule has 0 aliphatic heterocycles. The van der Waals surface area contributed by atoms with Crippen molar-refractivity contribution in [2.45, 2.75) is 26.8 Å². The summed E-state index contributed by atoms with van der Waals surface area (Å²) in [5.74, 6) is -0.821. The number of esters is 1. The molecule has 0 spiro atoms. The lowest BCUT2D eigenvalue weighted by atomic mass is 10.1. The molecule has 0 saturated carbocycles. The molecule has 0 unspecified atom stereocenters. The second-order valence-electron chi connectivity index (χ2n) is 4.94. The van der Waals surface area contributed by atoms with E-state index in [0.717, 1.165) is 5.56 Å². The number of urea groups is 1. The lowest BCUT2D eigenvalue weighted by Crippen LogP contribution is -2.44. The maximum Gasteiger partial charge on any atom is 0.338 e. The molecule has 0 saturated heterocycles. The molecule has 7 nitrogen and oxygen atoms in total. The number of methoxy groups -OCH3 is 1. The number of aryl methyl sites for hydroxylation is 1. The zero-order valence-corrected chi connectivity index (χ0v) is 13.1. The van der Waals surface area contributed by atoms with Crippen LogP contribution >= 0.6 is 0 Å². The first-order valence-corrected chi connectivity index (χ1v) is 6.75. The van der Waals surface area contributed by atoms with Crippen LogP contribution in [0.1, 0.15) is 29.8 Å². The van der Waals surface area contributed by atoms with Crippen molar-refractivity contribution in [3.8, 4) is 5.75 Å². The van der Waals surface area contributed by atoms with Gasteiger partial charge in [-0.05, 0) is 38.5 Å². The summed E-state index contributed by atoms with van der Waals surface area (Å²) >= 11 is 0. The van der Waals surface area contributed by atoms with Crippen molar-refractivity contribution >= 4 is 17.9 Å². The second-order valence-corrected chi connectivity index (χ2v) is 4.94. The van der Waals surface area contributed by atoms with Crippen LogP contribution in [0.2, 0.25) is 0 Å². The van der Waals surface area contributed by atoms with E-state index in [-0.39, 0.29) is 11.6 Å². The van der Waals surface area contributed by atoms with Crippen LogP contribution < -0.4 is 15.4 Å². The molecule has 0 aliphatic rings. The summed E-state index contributed by atoms with van der Waals surface area (Å²) in [6.07, 6.45) is 0. The van der Waals surface area contributed by atoms with E-state index in [2.05, 4.69) is 10.6 Å². The molecule has 120 valence electrons. The van der Waals surface area contributed by atoms with Gasteiger partial charge >= 0.3 is 12.0 Å². The average Bonchev–Trinajstić information content (AvgIpc) is 2.44. The summed E-state index contributed by atoms with van der Waals surface area (Å²) in [7, 11) is 1.50. The fraction of sp³-hybridized carbons (Fsp3) is 0.400. The number of ether oxygens (including phenoxy) is 2. The van der Waals surface area contributed by atoms with E-state index in [1.807, 2.05) is 6.92 Å². The molecule has 1 aromatic rings. The standard InChI is InChI=1S/C15H20N2O5/c1-9(2)16-15(20)17-13(18)8-22-14(19)11-6-5-10(3)12(7-11)21-4/h5-7,9H,8H2,1-4H3,(H2,16,17,18,20). The summed E-state index contributed by atoms with van der Waals surface area (Å²) in [5.41, 5.74) is 1.14. The molecule has 0 fully saturated rings. The third-order valence-electron chi connectivity index (χ3n) is 2.65. The van der Waals surface area contributed by atoms with Crippen LogP contribution in [-0.4, -0.2) is 37.7 Å². The molecule has 22 heavy (non-hydrogen) atoms. The number of imide groups is 1. The highest BCUT2D eigenvalue weighted by Crippen LogP contribution is 2.19. The fourth-order valence-corrected chi connectivity index (χ4v) is 1.62. The normalized spacial score (nSPS) is 10.0. The zero-order valence-electron chi connectivity index (χ0n) is 13.1. The predicted octanol–water partition coefficient (Wildman–Crippen LogP) is 1.39. The van der Waals surface area contributed by atoms with Gasteiger partial charge in [0.25, 0.3) is 5.91 Å². The van der Waals surface area contributed by atoms with Crippen LogP contribution in [0, 0.1) is 6.92 Å². The molecule has 1 aromatic carbocycles. The van der Waals surface area contributed by atoms with Crippen molar-refractivity contribution in [1.82, 2.24) is 10.6 Å². The topological polar surface area (TPSA) is 93.7 Å². The molecule has 0 aliphatic carbocycles. The van der Waals surface area contributed by atoms with E-state index in [1.54, 1.807) is 26.0 Å². The van der Waals surface area contributed by atoms with Gasteiger partial charge < -0.3 is 14.8 Å². The first-order chi connectivity index (χ1) is 10.3. The van der Waals surface area contributed by atoms with E-state index in [4.69, 9.17) is 9.47 Å². The summed E-state index contributed by atoms with van der Waals surface area (Å²) in [4.78, 5) is 34.6. The van der Waals surface area contributed by atoms with E-state index in [9.17, 15) is 14.4 Å². The number of carbonyl (C=O) groups is 3. The Kier molecular flexibility index (Phi) is 6.37. The highest BCUT2D eigenvalue weighted by atomic mass is 16.5. The van der Waals surface area contributed by atoms with Crippen molar-refractivity contribution in [3.63, 3.8) is 0 Å². The van der Waals surface area contributed by atoms with Gasteiger partial charge in [0.1, 0.15) is 5.75 Å². The largest absolute Gasteiger partial charge is 0.496 e. The molecular weight excluding hydrogens is 288 g/mol. The van der Waals surface area contributed by atoms with Gasteiger partial charge in [0, 0.05) is 6.04 Å². The molecule has 0 aromatic heterocycles. The lowest BCUT2D eigenvalue weighted by molar-refractivity contribution is -0.123. The van der Waals surface area contributed by atoms with Gasteiger partial charge in [-0.2, -0.15) is 0 Å². The molecule has 2 N–H and O–H groups in total. The Balaban J connectivity index is 2.52.